The summed E-state index contributed by atoms with van der Waals surface area (Å²) < 4.78 is 11.3. The fraction of sp³-hybridized carbons (Fsp3) is 0.579. The Balaban J connectivity index is 0.000000527. The summed E-state index contributed by atoms with van der Waals surface area (Å²) in [6, 6.07) is 7.89. The number of nitrogens with zero attached hydrogens (tertiary/aromatic N) is 2. The molecule has 1 aromatic carbocycles. The van der Waals surface area contributed by atoms with Crippen LogP contribution in [0.1, 0.15) is 20.3 Å². The van der Waals surface area contributed by atoms with Crippen LogP contribution in [0.25, 0.3) is 0 Å². The van der Waals surface area contributed by atoms with E-state index in [9.17, 15) is 0 Å². The maximum atomic E-state index is 9.10. The van der Waals surface area contributed by atoms with Crippen molar-refractivity contribution in [3.05, 3.63) is 24.3 Å². The van der Waals surface area contributed by atoms with Gasteiger partial charge in [-0.2, -0.15) is 0 Å². The summed E-state index contributed by atoms with van der Waals surface area (Å²) in [5.74, 6) is -1.87. The lowest BCUT2D eigenvalue weighted by Crippen LogP contribution is -2.46. The zero-order valence-electron chi connectivity index (χ0n) is 16.1. The third kappa shape index (κ3) is 9.81. The molecule has 0 radical (unpaired) electrons. The first kappa shape index (κ1) is 22.7. The van der Waals surface area contributed by atoms with Crippen LogP contribution in [-0.4, -0.2) is 84.4 Å². The Labute approximate surface area is 160 Å². The second-order valence-electron chi connectivity index (χ2n) is 6.00. The van der Waals surface area contributed by atoms with Crippen LogP contribution in [0.5, 0.6) is 11.5 Å². The summed E-state index contributed by atoms with van der Waals surface area (Å²) in [6.45, 7) is 12.8. The molecular weight excluding hydrogens is 352 g/mol. The summed E-state index contributed by atoms with van der Waals surface area (Å²) in [5, 5.41) is 14.8. The molecule has 2 rings (SSSR count). The molecule has 0 amide bonds. The van der Waals surface area contributed by atoms with Gasteiger partial charge in [-0.1, -0.05) is 13.0 Å². The number of carbonyl (C=O) groups is 2. The number of hydrogen-bond acceptors (Lipinski definition) is 6. The average molecular weight is 382 g/mol. The third-order valence-corrected chi connectivity index (χ3v) is 4.10. The predicted octanol–water partition coefficient (Wildman–Crippen LogP) is 1.65. The van der Waals surface area contributed by atoms with Gasteiger partial charge in [0.15, 0.2) is 0 Å². The van der Waals surface area contributed by atoms with Crippen molar-refractivity contribution in [3.8, 4) is 11.5 Å². The zero-order chi connectivity index (χ0) is 20.1. The Bertz CT molecular complexity index is 561. The molecule has 0 spiro atoms. The van der Waals surface area contributed by atoms with E-state index in [4.69, 9.17) is 29.3 Å². The van der Waals surface area contributed by atoms with Crippen molar-refractivity contribution in [3.63, 3.8) is 0 Å². The Hall–Kier alpha value is -2.32. The molecule has 152 valence electrons. The van der Waals surface area contributed by atoms with Crippen molar-refractivity contribution >= 4 is 11.9 Å². The van der Waals surface area contributed by atoms with Crippen LogP contribution in [0.2, 0.25) is 0 Å². The number of hydrogen-bond donors (Lipinski definition) is 2. The van der Waals surface area contributed by atoms with Crippen molar-refractivity contribution in [1.29, 1.82) is 0 Å². The van der Waals surface area contributed by atoms with Gasteiger partial charge in [0.1, 0.15) is 11.5 Å². The Kier molecular flexibility index (Phi) is 10.9. The summed E-state index contributed by atoms with van der Waals surface area (Å²) in [7, 11) is 0. The second kappa shape index (κ2) is 12.9. The van der Waals surface area contributed by atoms with Gasteiger partial charge in [0.05, 0.1) is 13.2 Å². The van der Waals surface area contributed by atoms with Gasteiger partial charge >= 0.3 is 11.9 Å². The van der Waals surface area contributed by atoms with E-state index in [1.165, 1.54) is 32.7 Å². The SMILES string of the molecule is CCOc1cccc(OCCCN2CCN(CC)CC2)c1.O=C(O)C(=O)O. The van der Waals surface area contributed by atoms with E-state index in [1.807, 2.05) is 31.2 Å². The van der Waals surface area contributed by atoms with E-state index in [-0.39, 0.29) is 0 Å². The van der Waals surface area contributed by atoms with Gasteiger partial charge in [-0.15, -0.1) is 0 Å². The number of carboxylic acids is 2. The van der Waals surface area contributed by atoms with Crippen LogP contribution in [-0.2, 0) is 9.59 Å². The molecular formula is C19H30N2O6. The fourth-order valence-electron chi connectivity index (χ4n) is 2.63. The highest BCUT2D eigenvalue weighted by atomic mass is 16.5. The van der Waals surface area contributed by atoms with Crippen LogP contribution >= 0.6 is 0 Å². The van der Waals surface area contributed by atoms with Gasteiger partial charge in [-0.3, -0.25) is 0 Å². The Morgan fingerprint density at radius 2 is 1.52 bits per heavy atom. The molecule has 0 bridgehead atoms. The van der Waals surface area contributed by atoms with Crippen LogP contribution < -0.4 is 9.47 Å². The van der Waals surface area contributed by atoms with E-state index in [0.29, 0.717) is 6.61 Å². The van der Waals surface area contributed by atoms with E-state index in [0.717, 1.165) is 31.1 Å². The Morgan fingerprint density at radius 1 is 0.963 bits per heavy atom. The highest BCUT2D eigenvalue weighted by Crippen LogP contribution is 2.19. The molecule has 0 aromatic heterocycles. The highest BCUT2D eigenvalue weighted by molar-refractivity contribution is 6.27. The maximum Gasteiger partial charge on any atom is 0.414 e. The first-order valence-electron chi connectivity index (χ1n) is 9.22. The van der Waals surface area contributed by atoms with Crippen molar-refractivity contribution in [1.82, 2.24) is 9.80 Å². The van der Waals surface area contributed by atoms with Gasteiger partial charge in [0.25, 0.3) is 0 Å². The average Bonchev–Trinajstić information content (AvgIpc) is 2.67. The van der Waals surface area contributed by atoms with Crippen LogP contribution in [0.15, 0.2) is 24.3 Å². The van der Waals surface area contributed by atoms with Crippen LogP contribution in [0.4, 0.5) is 0 Å². The smallest absolute Gasteiger partial charge is 0.414 e. The van der Waals surface area contributed by atoms with Gasteiger partial charge < -0.3 is 29.5 Å². The van der Waals surface area contributed by atoms with E-state index >= 15 is 0 Å². The first-order chi connectivity index (χ1) is 13.0. The predicted molar refractivity (Wildman–Crippen MR) is 102 cm³/mol. The lowest BCUT2D eigenvalue weighted by molar-refractivity contribution is -0.159. The van der Waals surface area contributed by atoms with Crippen molar-refractivity contribution in [2.45, 2.75) is 20.3 Å². The largest absolute Gasteiger partial charge is 0.494 e. The summed E-state index contributed by atoms with van der Waals surface area (Å²) in [6.07, 6.45) is 1.07. The number of carboxylic acid groups (broad SMARTS) is 2. The standard InChI is InChI=1S/C17H28N2O2.C2H2O4/c1-3-18-10-12-19(13-11-18)9-6-14-21-17-8-5-7-16(15-17)20-4-2;3-1(4)2(5)6/h5,7-8,15H,3-4,6,9-14H2,1-2H3;(H,3,4)(H,5,6). The monoisotopic (exact) mass is 382 g/mol. The molecule has 8 heteroatoms. The van der Waals surface area contributed by atoms with Crippen molar-refractivity contribution < 1.29 is 29.3 Å². The van der Waals surface area contributed by atoms with Crippen LogP contribution in [0, 0.1) is 0 Å². The van der Waals surface area contributed by atoms with Gasteiger partial charge in [-0.05, 0) is 32.0 Å². The topological polar surface area (TPSA) is 99.5 Å². The molecule has 27 heavy (non-hydrogen) atoms. The van der Waals surface area contributed by atoms with Crippen LogP contribution in [0.3, 0.4) is 0 Å². The molecule has 0 atom stereocenters. The number of ether oxygens (including phenoxy) is 2. The molecule has 1 heterocycles. The van der Waals surface area contributed by atoms with Gasteiger partial charge in [0, 0.05) is 38.8 Å². The molecule has 1 aliphatic rings. The lowest BCUT2D eigenvalue weighted by Gasteiger charge is -2.33. The summed E-state index contributed by atoms with van der Waals surface area (Å²) in [4.78, 5) is 23.2. The molecule has 0 saturated carbocycles. The van der Waals surface area contributed by atoms with Crippen molar-refractivity contribution in [2.24, 2.45) is 0 Å². The molecule has 1 fully saturated rings. The second-order valence-corrected chi connectivity index (χ2v) is 6.00. The number of aliphatic carboxylic acids is 2. The minimum atomic E-state index is -1.82. The number of rotatable bonds is 8. The molecule has 8 nitrogen and oxygen atoms in total. The Morgan fingerprint density at radius 3 is 2.04 bits per heavy atom. The normalized spacial score (nSPS) is 14.7. The van der Waals surface area contributed by atoms with Crippen molar-refractivity contribution in [2.75, 3.05) is 52.5 Å². The van der Waals surface area contributed by atoms with E-state index < -0.39 is 11.9 Å². The summed E-state index contributed by atoms with van der Waals surface area (Å²) in [5.41, 5.74) is 0. The molecule has 1 aliphatic heterocycles. The van der Waals surface area contributed by atoms with E-state index in [1.54, 1.807) is 0 Å². The minimum Gasteiger partial charge on any atom is -0.494 e. The van der Waals surface area contributed by atoms with Gasteiger partial charge in [0.2, 0.25) is 0 Å². The van der Waals surface area contributed by atoms with E-state index in [2.05, 4.69) is 16.7 Å². The first-order valence-corrected chi connectivity index (χ1v) is 9.22. The highest BCUT2D eigenvalue weighted by Gasteiger charge is 2.14. The number of benzene rings is 1. The molecule has 1 aromatic rings. The zero-order valence-corrected chi connectivity index (χ0v) is 16.1. The van der Waals surface area contributed by atoms with Gasteiger partial charge in [-0.25, -0.2) is 9.59 Å². The molecule has 2 N–H and O–H groups in total. The third-order valence-electron chi connectivity index (χ3n) is 4.10. The lowest BCUT2D eigenvalue weighted by atomic mass is 10.3. The molecule has 0 aliphatic carbocycles. The quantitative estimate of drug-likeness (QED) is 0.517. The minimum absolute atomic E-state index is 0.688. The number of piperazine rings is 1. The number of likely N-dealkylation sites (N-methyl/N-ethyl adjacent to an activating group) is 1. The maximum absolute atomic E-state index is 9.10. The summed E-state index contributed by atoms with van der Waals surface area (Å²) >= 11 is 0. The molecule has 1 saturated heterocycles. The molecule has 0 unspecified atom stereocenters. The fourth-order valence-corrected chi connectivity index (χ4v) is 2.63.